The van der Waals surface area contributed by atoms with Gasteiger partial charge in [-0.3, -0.25) is 9.58 Å². The van der Waals surface area contributed by atoms with Crippen molar-refractivity contribution >= 4 is 17.6 Å². The predicted octanol–water partition coefficient (Wildman–Crippen LogP) is 2.58. The standard InChI is InChI=1S/C15H19N5OS/c1-5-6-16-19(4)7-12-10(2)22-15-13(12)8-21-9-14-18-17-11(3)20(14)15/h5-6H,1,7-9H2,2-4H3/b16-6-. The van der Waals surface area contributed by atoms with Gasteiger partial charge in [0, 0.05) is 23.7 Å². The van der Waals surface area contributed by atoms with E-state index in [1.807, 2.05) is 19.0 Å². The summed E-state index contributed by atoms with van der Waals surface area (Å²) >= 11 is 1.76. The summed E-state index contributed by atoms with van der Waals surface area (Å²) in [6, 6.07) is 0. The van der Waals surface area contributed by atoms with Crippen molar-refractivity contribution in [2.75, 3.05) is 7.05 Å². The van der Waals surface area contributed by atoms with E-state index in [1.165, 1.54) is 21.0 Å². The first-order valence-corrected chi connectivity index (χ1v) is 7.89. The number of thiophene rings is 1. The van der Waals surface area contributed by atoms with Crippen molar-refractivity contribution in [2.24, 2.45) is 5.10 Å². The fourth-order valence-corrected chi connectivity index (χ4v) is 3.82. The molecule has 0 spiro atoms. The van der Waals surface area contributed by atoms with Gasteiger partial charge >= 0.3 is 0 Å². The Morgan fingerprint density at radius 2 is 2.23 bits per heavy atom. The Hall–Kier alpha value is -1.99. The van der Waals surface area contributed by atoms with Gasteiger partial charge < -0.3 is 4.74 Å². The van der Waals surface area contributed by atoms with E-state index in [9.17, 15) is 0 Å². The lowest BCUT2D eigenvalue weighted by Gasteiger charge is -2.14. The summed E-state index contributed by atoms with van der Waals surface area (Å²) in [7, 11) is 1.95. The van der Waals surface area contributed by atoms with Crippen LogP contribution in [0.25, 0.3) is 5.00 Å². The van der Waals surface area contributed by atoms with Crippen LogP contribution in [0.1, 0.15) is 27.7 Å². The highest BCUT2D eigenvalue weighted by molar-refractivity contribution is 7.14. The van der Waals surface area contributed by atoms with Crippen molar-refractivity contribution < 1.29 is 4.74 Å². The van der Waals surface area contributed by atoms with Gasteiger partial charge in [0.05, 0.1) is 13.2 Å². The van der Waals surface area contributed by atoms with Crippen molar-refractivity contribution in [3.63, 3.8) is 0 Å². The van der Waals surface area contributed by atoms with Gasteiger partial charge in [0.15, 0.2) is 5.82 Å². The molecule has 0 aromatic carbocycles. The third kappa shape index (κ3) is 2.57. The van der Waals surface area contributed by atoms with E-state index in [0.29, 0.717) is 13.2 Å². The average Bonchev–Trinajstić information content (AvgIpc) is 2.92. The highest BCUT2D eigenvalue weighted by Gasteiger charge is 2.24. The molecule has 0 fully saturated rings. The summed E-state index contributed by atoms with van der Waals surface area (Å²) in [5.41, 5.74) is 2.48. The Kier molecular flexibility index (Phi) is 4.08. The highest BCUT2D eigenvalue weighted by Crippen LogP contribution is 2.35. The van der Waals surface area contributed by atoms with Crippen molar-refractivity contribution in [1.82, 2.24) is 19.8 Å². The minimum Gasteiger partial charge on any atom is -0.369 e. The Labute approximate surface area is 133 Å². The first kappa shape index (κ1) is 14.9. The van der Waals surface area contributed by atoms with Gasteiger partial charge in [0.1, 0.15) is 17.4 Å². The van der Waals surface area contributed by atoms with Crippen LogP contribution in [0.2, 0.25) is 0 Å². The van der Waals surface area contributed by atoms with Crippen LogP contribution < -0.4 is 0 Å². The molecule has 2 aromatic heterocycles. The molecule has 0 atom stereocenters. The molecular weight excluding hydrogens is 298 g/mol. The number of allylic oxidation sites excluding steroid dienone is 1. The fourth-order valence-electron chi connectivity index (χ4n) is 2.58. The molecule has 3 rings (SSSR count). The minimum absolute atomic E-state index is 0.491. The molecule has 1 aliphatic heterocycles. The number of nitrogens with zero attached hydrogens (tertiary/aromatic N) is 5. The number of aromatic nitrogens is 3. The summed E-state index contributed by atoms with van der Waals surface area (Å²) in [5, 5.41) is 15.8. The maximum absolute atomic E-state index is 5.79. The third-order valence-corrected chi connectivity index (χ3v) is 4.80. The van der Waals surface area contributed by atoms with Crippen LogP contribution in [0, 0.1) is 13.8 Å². The second-order valence-electron chi connectivity index (χ2n) is 5.23. The number of aryl methyl sites for hydroxylation is 2. The first-order chi connectivity index (χ1) is 10.6. The van der Waals surface area contributed by atoms with Crippen LogP contribution >= 0.6 is 11.3 Å². The number of hydrazone groups is 1. The molecule has 116 valence electrons. The highest BCUT2D eigenvalue weighted by atomic mass is 32.1. The molecule has 0 amide bonds. The van der Waals surface area contributed by atoms with Gasteiger partial charge in [-0.2, -0.15) is 5.10 Å². The van der Waals surface area contributed by atoms with Crippen LogP contribution in [0.3, 0.4) is 0 Å². The van der Waals surface area contributed by atoms with Gasteiger partial charge in [-0.05, 0) is 25.5 Å². The van der Waals surface area contributed by atoms with E-state index in [-0.39, 0.29) is 0 Å². The summed E-state index contributed by atoms with van der Waals surface area (Å²) < 4.78 is 7.90. The topological polar surface area (TPSA) is 55.5 Å². The summed E-state index contributed by atoms with van der Waals surface area (Å²) in [6.45, 7) is 9.58. The molecule has 0 bridgehead atoms. The van der Waals surface area contributed by atoms with Crippen molar-refractivity contribution in [2.45, 2.75) is 33.6 Å². The largest absolute Gasteiger partial charge is 0.369 e. The third-order valence-electron chi connectivity index (χ3n) is 3.63. The maximum Gasteiger partial charge on any atom is 0.164 e. The molecule has 0 saturated heterocycles. The van der Waals surface area contributed by atoms with E-state index in [0.717, 1.165) is 18.2 Å². The summed E-state index contributed by atoms with van der Waals surface area (Å²) in [5.74, 6) is 1.76. The lowest BCUT2D eigenvalue weighted by Crippen LogP contribution is -2.12. The smallest absolute Gasteiger partial charge is 0.164 e. The van der Waals surface area contributed by atoms with Crippen LogP contribution in [-0.4, -0.2) is 33.0 Å². The lowest BCUT2D eigenvalue weighted by atomic mass is 10.1. The zero-order valence-electron chi connectivity index (χ0n) is 13.0. The van der Waals surface area contributed by atoms with Crippen LogP contribution in [-0.2, 0) is 24.5 Å². The number of rotatable bonds is 4. The Morgan fingerprint density at radius 3 is 3.00 bits per heavy atom. The quantitative estimate of drug-likeness (QED) is 0.642. The van der Waals surface area contributed by atoms with Crippen LogP contribution in [0.15, 0.2) is 17.8 Å². The molecule has 6 nitrogen and oxygen atoms in total. The first-order valence-electron chi connectivity index (χ1n) is 7.08. The van der Waals surface area contributed by atoms with E-state index in [2.05, 4.69) is 33.4 Å². The number of hydrogen-bond acceptors (Lipinski definition) is 6. The van der Waals surface area contributed by atoms with Gasteiger partial charge in [-0.15, -0.1) is 21.5 Å². The molecule has 0 N–H and O–H groups in total. The second-order valence-corrected chi connectivity index (χ2v) is 6.43. The fraction of sp³-hybridized carbons (Fsp3) is 0.400. The molecule has 1 aliphatic rings. The molecule has 0 radical (unpaired) electrons. The predicted molar refractivity (Wildman–Crippen MR) is 87.4 cm³/mol. The molecule has 0 aliphatic carbocycles. The van der Waals surface area contributed by atoms with E-state index in [4.69, 9.17) is 4.74 Å². The van der Waals surface area contributed by atoms with Crippen LogP contribution in [0.4, 0.5) is 0 Å². The average molecular weight is 317 g/mol. The minimum atomic E-state index is 0.491. The zero-order chi connectivity index (χ0) is 15.7. The molecule has 2 aromatic rings. The number of fused-ring (bicyclic) bond motifs is 3. The van der Waals surface area contributed by atoms with Crippen molar-refractivity contribution in [3.05, 3.63) is 40.3 Å². The SMILES string of the molecule is C=C/C=N\N(C)Cc1c(C)sc2c1COCc1nnc(C)n1-2. The Balaban J connectivity index is 2.02. The van der Waals surface area contributed by atoms with Crippen molar-refractivity contribution in [1.29, 1.82) is 0 Å². The maximum atomic E-state index is 5.79. The molecule has 7 heteroatoms. The van der Waals surface area contributed by atoms with Gasteiger partial charge in [0.25, 0.3) is 0 Å². The van der Waals surface area contributed by atoms with Crippen LogP contribution in [0.5, 0.6) is 0 Å². The molecule has 0 unspecified atom stereocenters. The monoisotopic (exact) mass is 317 g/mol. The molecule has 22 heavy (non-hydrogen) atoms. The van der Waals surface area contributed by atoms with Gasteiger partial charge in [-0.25, -0.2) is 0 Å². The van der Waals surface area contributed by atoms with Gasteiger partial charge in [-0.1, -0.05) is 6.58 Å². The Bertz CT molecular complexity index is 731. The molecular formula is C15H19N5OS. The molecule has 3 heterocycles. The lowest BCUT2D eigenvalue weighted by molar-refractivity contribution is 0.104. The molecule has 0 saturated carbocycles. The summed E-state index contributed by atoms with van der Waals surface area (Å²) in [4.78, 5) is 1.27. The number of hydrogen-bond donors (Lipinski definition) is 0. The van der Waals surface area contributed by atoms with Gasteiger partial charge in [0.2, 0.25) is 0 Å². The second kappa shape index (κ2) is 6.02. The van der Waals surface area contributed by atoms with E-state index in [1.54, 1.807) is 23.6 Å². The normalized spacial score (nSPS) is 13.8. The summed E-state index contributed by atoms with van der Waals surface area (Å²) in [6.07, 6.45) is 3.37. The van der Waals surface area contributed by atoms with E-state index < -0.39 is 0 Å². The van der Waals surface area contributed by atoms with Crippen molar-refractivity contribution in [3.8, 4) is 5.00 Å². The zero-order valence-corrected chi connectivity index (χ0v) is 13.9. The Morgan fingerprint density at radius 1 is 1.41 bits per heavy atom. The van der Waals surface area contributed by atoms with E-state index >= 15 is 0 Å². The number of ether oxygens (including phenoxy) is 1.